The summed E-state index contributed by atoms with van der Waals surface area (Å²) in [5.74, 6) is -1.59. The number of carbonyl (C=O) groups is 3. The van der Waals surface area contributed by atoms with Gasteiger partial charge >= 0.3 is 5.97 Å². The van der Waals surface area contributed by atoms with Crippen molar-refractivity contribution in [3.63, 3.8) is 0 Å². The Hall–Kier alpha value is -3.49. The molecule has 2 heterocycles. The highest BCUT2D eigenvalue weighted by Gasteiger charge is 2.43. The lowest BCUT2D eigenvalue weighted by atomic mass is 9.92. The topological polar surface area (TPSA) is 66.9 Å². The number of benzene rings is 2. The van der Waals surface area contributed by atoms with Crippen molar-refractivity contribution in [2.75, 3.05) is 16.4 Å². The fourth-order valence-corrected chi connectivity index (χ4v) is 5.20. The number of esters is 1. The van der Waals surface area contributed by atoms with Crippen molar-refractivity contribution in [3.05, 3.63) is 93.8 Å². The van der Waals surface area contributed by atoms with Gasteiger partial charge in [0.2, 0.25) is 0 Å². The maximum atomic E-state index is 13.9. The summed E-state index contributed by atoms with van der Waals surface area (Å²) in [5, 5.41) is 0.0616. The molecule has 0 saturated carbocycles. The van der Waals surface area contributed by atoms with Gasteiger partial charge in [0.15, 0.2) is 5.11 Å². The van der Waals surface area contributed by atoms with E-state index in [4.69, 9.17) is 17.0 Å². The van der Waals surface area contributed by atoms with Crippen LogP contribution in [-0.4, -0.2) is 29.5 Å². The molecule has 0 atom stereocenters. The van der Waals surface area contributed by atoms with Gasteiger partial charge in [-0.25, -0.2) is 4.79 Å². The van der Waals surface area contributed by atoms with Crippen LogP contribution >= 0.6 is 24.0 Å². The first kappa shape index (κ1) is 25.6. The highest BCUT2D eigenvalue weighted by Crippen LogP contribution is 2.44. The van der Waals surface area contributed by atoms with E-state index in [1.165, 1.54) is 21.6 Å². The van der Waals surface area contributed by atoms with Crippen LogP contribution in [0, 0.1) is 5.41 Å². The van der Waals surface area contributed by atoms with Gasteiger partial charge in [-0.1, -0.05) is 68.9 Å². The van der Waals surface area contributed by atoms with Crippen LogP contribution in [0.25, 0.3) is 0 Å². The zero-order valence-electron chi connectivity index (χ0n) is 20.5. The summed E-state index contributed by atoms with van der Waals surface area (Å²) in [7, 11) is 0. The Kier molecular flexibility index (Phi) is 7.28. The summed E-state index contributed by atoms with van der Waals surface area (Å²) in [4.78, 5) is 44.4. The quantitative estimate of drug-likeness (QED) is 0.222. The normalized spacial score (nSPS) is 16.7. The first-order valence-electron chi connectivity index (χ1n) is 11.5. The van der Waals surface area contributed by atoms with Gasteiger partial charge in [-0.2, -0.15) is 0 Å². The van der Waals surface area contributed by atoms with Crippen LogP contribution < -0.4 is 9.80 Å². The molecule has 2 aliphatic rings. The second-order valence-corrected chi connectivity index (χ2v) is 10.6. The van der Waals surface area contributed by atoms with Gasteiger partial charge in [0, 0.05) is 0 Å². The molecule has 4 rings (SSSR count). The minimum Gasteiger partial charge on any atom is -0.462 e. The maximum Gasteiger partial charge on any atom is 0.344 e. The lowest BCUT2D eigenvalue weighted by Gasteiger charge is -2.37. The number of carbonyl (C=O) groups excluding carboxylic acids is 3. The lowest BCUT2D eigenvalue weighted by molar-refractivity contribution is -0.137. The molecule has 2 aromatic carbocycles. The van der Waals surface area contributed by atoms with E-state index in [1.54, 1.807) is 67.6 Å². The standard InChI is InChI=1S/C28H26N2O4S2/c1-5-34-26(33)21-16-18(17-22(36-21)28(2,3)4)23-24(31)29(19-12-8-6-9-13-19)27(35)30(25(23)32)20-14-10-7-11-15-20/h6-17H,5H2,1-4H3. The number of ether oxygens (including phenoxy) is 1. The largest absolute Gasteiger partial charge is 0.462 e. The molecule has 0 radical (unpaired) electrons. The third-order valence-corrected chi connectivity index (χ3v) is 7.36. The van der Waals surface area contributed by atoms with Crippen molar-refractivity contribution in [3.8, 4) is 0 Å². The van der Waals surface area contributed by atoms with Crippen molar-refractivity contribution in [1.29, 1.82) is 0 Å². The van der Waals surface area contributed by atoms with E-state index >= 15 is 0 Å². The molecule has 8 heteroatoms. The van der Waals surface area contributed by atoms with Crippen LogP contribution in [0.5, 0.6) is 0 Å². The van der Waals surface area contributed by atoms with Crippen molar-refractivity contribution in [1.82, 2.24) is 0 Å². The predicted molar refractivity (Wildman–Crippen MR) is 147 cm³/mol. The Bertz CT molecular complexity index is 1260. The molecule has 0 bridgehead atoms. The molecular weight excluding hydrogens is 492 g/mol. The number of amides is 2. The Morgan fingerprint density at radius 1 is 0.889 bits per heavy atom. The Morgan fingerprint density at radius 2 is 1.39 bits per heavy atom. The number of nitrogens with zero attached hydrogens (tertiary/aromatic N) is 2. The number of anilines is 2. The summed E-state index contributed by atoms with van der Waals surface area (Å²) in [5.41, 5.74) is 1.02. The molecule has 0 unspecified atom stereocenters. The predicted octanol–water partition coefficient (Wildman–Crippen LogP) is 5.77. The molecule has 2 aliphatic heterocycles. The summed E-state index contributed by atoms with van der Waals surface area (Å²) < 4.78 is 5.24. The Labute approximate surface area is 220 Å². The van der Waals surface area contributed by atoms with Gasteiger partial charge in [0.05, 0.1) is 22.9 Å². The van der Waals surface area contributed by atoms with E-state index < -0.39 is 17.8 Å². The molecule has 36 heavy (non-hydrogen) atoms. The van der Waals surface area contributed by atoms with E-state index in [0.29, 0.717) is 21.9 Å². The minimum atomic E-state index is -0.547. The summed E-state index contributed by atoms with van der Waals surface area (Å²) in [6.45, 7) is 7.97. The third kappa shape index (κ3) is 4.92. The first-order chi connectivity index (χ1) is 17.1. The summed E-state index contributed by atoms with van der Waals surface area (Å²) >= 11 is 6.97. The van der Waals surface area contributed by atoms with Gasteiger partial charge in [0.1, 0.15) is 5.57 Å². The molecule has 0 aromatic heterocycles. The van der Waals surface area contributed by atoms with Crippen molar-refractivity contribution in [2.45, 2.75) is 27.7 Å². The fraction of sp³-hybridized carbons (Fsp3) is 0.214. The number of allylic oxidation sites excluding steroid dienone is 4. The average molecular weight is 519 g/mol. The Morgan fingerprint density at radius 3 is 1.83 bits per heavy atom. The first-order valence-corrected chi connectivity index (χ1v) is 12.7. The summed E-state index contributed by atoms with van der Waals surface area (Å²) in [6.07, 6.45) is 3.36. The fourth-order valence-electron chi connectivity index (χ4n) is 3.76. The number of thiocarbonyl (C=S) groups is 1. The van der Waals surface area contributed by atoms with Gasteiger partial charge < -0.3 is 4.74 Å². The zero-order chi connectivity index (χ0) is 26.0. The van der Waals surface area contributed by atoms with Gasteiger partial charge in [-0.3, -0.25) is 19.4 Å². The van der Waals surface area contributed by atoms with Gasteiger partial charge in [-0.15, -0.1) is 0 Å². The molecule has 2 amide bonds. The molecular formula is C28H26N2O4S2. The van der Waals surface area contributed by atoms with E-state index in [-0.39, 0.29) is 22.7 Å². The maximum absolute atomic E-state index is 13.9. The van der Waals surface area contributed by atoms with E-state index in [0.717, 1.165) is 4.91 Å². The van der Waals surface area contributed by atoms with Crippen LogP contribution in [0.2, 0.25) is 0 Å². The second kappa shape index (κ2) is 10.2. The van der Waals surface area contributed by atoms with Crippen molar-refractivity contribution < 1.29 is 19.1 Å². The van der Waals surface area contributed by atoms with E-state index in [2.05, 4.69) is 0 Å². The molecule has 6 nitrogen and oxygen atoms in total. The number of rotatable bonds is 4. The SMILES string of the molecule is CCOC(=O)C1=CC(=C2C(=O)N(c3ccccc3)C(=S)N(c3ccccc3)C2=O)C=C(C(C)(C)C)S1. The Balaban J connectivity index is 1.97. The lowest BCUT2D eigenvalue weighted by Crippen LogP contribution is -2.57. The van der Waals surface area contributed by atoms with Crippen LogP contribution in [0.4, 0.5) is 11.4 Å². The van der Waals surface area contributed by atoms with Crippen molar-refractivity contribution >= 4 is 58.3 Å². The number of para-hydroxylation sites is 2. The zero-order valence-corrected chi connectivity index (χ0v) is 22.1. The third-order valence-electron chi connectivity index (χ3n) is 5.54. The second-order valence-electron chi connectivity index (χ2n) is 9.15. The molecule has 0 N–H and O–H groups in total. The van der Waals surface area contributed by atoms with Crippen molar-refractivity contribution in [2.24, 2.45) is 5.41 Å². The smallest absolute Gasteiger partial charge is 0.344 e. The van der Waals surface area contributed by atoms with Crippen LogP contribution in [0.3, 0.4) is 0 Å². The van der Waals surface area contributed by atoms with Crippen LogP contribution in [0.15, 0.2) is 93.8 Å². The van der Waals surface area contributed by atoms with E-state index in [9.17, 15) is 14.4 Å². The minimum absolute atomic E-state index is 0.0616. The van der Waals surface area contributed by atoms with Gasteiger partial charge in [0.25, 0.3) is 11.8 Å². The monoisotopic (exact) mass is 518 g/mol. The molecule has 2 aromatic rings. The average Bonchev–Trinajstić information content (AvgIpc) is 2.85. The van der Waals surface area contributed by atoms with E-state index in [1.807, 2.05) is 32.9 Å². The van der Waals surface area contributed by atoms with Crippen LogP contribution in [-0.2, 0) is 19.1 Å². The van der Waals surface area contributed by atoms with Gasteiger partial charge in [-0.05, 0) is 71.5 Å². The highest BCUT2D eigenvalue weighted by atomic mass is 32.2. The van der Waals surface area contributed by atoms with Crippen LogP contribution in [0.1, 0.15) is 27.7 Å². The summed E-state index contributed by atoms with van der Waals surface area (Å²) in [6, 6.07) is 17.9. The molecule has 0 aliphatic carbocycles. The highest BCUT2D eigenvalue weighted by molar-refractivity contribution is 8.07. The number of hydrogen-bond acceptors (Lipinski definition) is 6. The molecule has 184 valence electrons. The molecule has 1 saturated heterocycles. The number of hydrogen-bond donors (Lipinski definition) is 0. The molecule has 1 fully saturated rings. The molecule has 0 spiro atoms. The number of thioether (sulfide) groups is 1.